The maximum Gasteiger partial charge on any atom is 0.263 e. The molecule has 1 aromatic heterocycles. The average molecular weight is 472 g/mol. The molecule has 2 aliphatic rings. The number of anilines is 1. The molecular weight excluding hydrogens is 438 g/mol. The van der Waals surface area contributed by atoms with Crippen LogP contribution in [0.25, 0.3) is 0 Å². The number of nitrogens with one attached hydrogen (secondary N) is 1. The van der Waals surface area contributed by atoms with Gasteiger partial charge in [-0.05, 0) is 43.4 Å². The predicted molar refractivity (Wildman–Crippen MR) is 136 cm³/mol. The Labute approximate surface area is 207 Å². The van der Waals surface area contributed by atoms with E-state index in [-0.39, 0.29) is 17.9 Å². The first kappa shape index (κ1) is 23.3. The van der Waals surface area contributed by atoms with Crippen LogP contribution in [0.3, 0.4) is 0 Å². The van der Waals surface area contributed by atoms with Crippen LogP contribution in [0.15, 0.2) is 73.1 Å². The van der Waals surface area contributed by atoms with Crippen LogP contribution in [0.4, 0.5) is 5.82 Å². The highest BCUT2D eigenvalue weighted by atomic mass is 16.5. The summed E-state index contributed by atoms with van der Waals surface area (Å²) in [7, 11) is 0. The number of amides is 1. The summed E-state index contributed by atoms with van der Waals surface area (Å²) in [5.74, 6) is 2.22. The van der Waals surface area contributed by atoms with Gasteiger partial charge in [0.1, 0.15) is 5.75 Å². The van der Waals surface area contributed by atoms with E-state index in [1.807, 2.05) is 30.3 Å². The summed E-state index contributed by atoms with van der Waals surface area (Å²) in [4.78, 5) is 26.6. The Kier molecular flexibility index (Phi) is 7.53. The molecule has 0 atom stereocenters. The Morgan fingerprint density at radius 3 is 2.23 bits per heavy atom. The van der Waals surface area contributed by atoms with Crippen molar-refractivity contribution < 1.29 is 9.53 Å². The summed E-state index contributed by atoms with van der Waals surface area (Å²) in [5, 5.41) is 3.33. The lowest BCUT2D eigenvalue weighted by atomic mass is 9.94. The standard InChI is InChI=1S/C28H33N5O2/c34-27(31-24-13-17-32(18-14-24)21-22-7-3-1-4-8-22)23-11-19-33(20-12-23)26-28(30-16-15-29-26)35-25-9-5-2-6-10-25/h1-10,15-16,23-24H,11-14,17-21H2,(H,31,34). The quantitative estimate of drug-likeness (QED) is 0.555. The number of carbonyl (C=O) groups excluding carboxylic acids is 1. The summed E-state index contributed by atoms with van der Waals surface area (Å²) in [6, 6.07) is 20.5. The molecule has 1 amide bonds. The number of hydrogen-bond donors (Lipinski definition) is 1. The average Bonchev–Trinajstić information content (AvgIpc) is 2.91. The van der Waals surface area contributed by atoms with Crippen LogP contribution in [0.1, 0.15) is 31.2 Å². The predicted octanol–water partition coefficient (Wildman–Crippen LogP) is 4.27. The molecule has 3 heterocycles. The molecule has 3 aromatic rings. The molecule has 0 aliphatic carbocycles. The van der Waals surface area contributed by atoms with Crippen LogP contribution in [-0.2, 0) is 11.3 Å². The van der Waals surface area contributed by atoms with Gasteiger partial charge in [-0.1, -0.05) is 48.5 Å². The van der Waals surface area contributed by atoms with Gasteiger partial charge in [-0.25, -0.2) is 9.97 Å². The number of hydrogen-bond acceptors (Lipinski definition) is 6. The summed E-state index contributed by atoms with van der Waals surface area (Å²) >= 11 is 0. The summed E-state index contributed by atoms with van der Waals surface area (Å²) in [6.45, 7) is 4.55. The zero-order valence-electron chi connectivity index (χ0n) is 20.1. The molecule has 2 saturated heterocycles. The third kappa shape index (κ3) is 6.17. The second-order valence-electron chi connectivity index (χ2n) is 9.41. The van der Waals surface area contributed by atoms with E-state index >= 15 is 0 Å². The Bertz CT molecular complexity index is 1080. The fourth-order valence-electron chi connectivity index (χ4n) is 4.96. The van der Waals surface area contributed by atoms with Crippen molar-refractivity contribution in [2.75, 3.05) is 31.1 Å². The van der Waals surface area contributed by atoms with E-state index in [0.29, 0.717) is 5.88 Å². The van der Waals surface area contributed by atoms with Gasteiger partial charge in [0.05, 0.1) is 0 Å². The first-order valence-electron chi connectivity index (χ1n) is 12.6. The minimum atomic E-state index is 0.0451. The molecule has 2 aliphatic heterocycles. The lowest BCUT2D eigenvalue weighted by Gasteiger charge is -2.35. The zero-order chi connectivity index (χ0) is 23.9. The Morgan fingerprint density at radius 2 is 1.51 bits per heavy atom. The van der Waals surface area contributed by atoms with Gasteiger partial charge in [-0.3, -0.25) is 9.69 Å². The van der Waals surface area contributed by atoms with Crippen LogP contribution < -0.4 is 15.0 Å². The molecule has 35 heavy (non-hydrogen) atoms. The van der Waals surface area contributed by atoms with E-state index in [0.717, 1.165) is 70.0 Å². The van der Waals surface area contributed by atoms with Crippen molar-refractivity contribution in [3.05, 3.63) is 78.6 Å². The van der Waals surface area contributed by atoms with E-state index < -0.39 is 0 Å². The van der Waals surface area contributed by atoms with Gasteiger partial charge >= 0.3 is 0 Å². The Balaban J connectivity index is 1.09. The molecular formula is C28H33N5O2. The van der Waals surface area contributed by atoms with E-state index in [9.17, 15) is 4.79 Å². The summed E-state index contributed by atoms with van der Waals surface area (Å²) in [5.41, 5.74) is 1.35. The van der Waals surface area contributed by atoms with E-state index in [2.05, 4.69) is 55.4 Å². The first-order chi connectivity index (χ1) is 17.2. The first-order valence-corrected chi connectivity index (χ1v) is 12.6. The van der Waals surface area contributed by atoms with Gasteiger partial charge in [-0.2, -0.15) is 0 Å². The third-order valence-electron chi connectivity index (χ3n) is 6.95. The zero-order valence-corrected chi connectivity index (χ0v) is 20.1. The van der Waals surface area contributed by atoms with Gasteiger partial charge in [-0.15, -0.1) is 0 Å². The molecule has 5 rings (SSSR count). The molecule has 0 saturated carbocycles. The third-order valence-corrected chi connectivity index (χ3v) is 6.95. The van der Waals surface area contributed by atoms with Crippen molar-refractivity contribution in [2.24, 2.45) is 5.92 Å². The van der Waals surface area contributed by atoms with Gasteiger partial charge in [0, 0.05) is 57.1 Å². The topological polar surface area (TPSA) is 70.6 Å². The minimum absolute atomic E-state index is 0.0451. The summed E-state index contributed by atoms with van der Waals surface area (Å²) in [6.07, 6.45) is 6.97. The van der Waals surface area contributed by atoms with E-state index in [4.69, 9.17) is 4.74 Å². The minimum Gasteiger partial charge on any atom is -0.436 e. The lowest BCUT2D eigenvalue weighted by Crippen LogP contribution is -2.48. The fraction of sp³-hybridized carbons (Fsp3) is 0.393. The molecule has 7 nitrogen and oxygen atoms in total. The maximum atomic E-state index is 13.0. The molecule has 0 spiro atoms. The molecule has 0 bridgehead atoms. The number of ether oxygens (including phenoxy) is 1. The molecule has 0 radical (unpaired) electrons. The molecule has 2 aromatic carbocycles. The smallest absolute Gasteiger partial charge is 0.263 e. The molecule has 7 heteroatoms. The summed E-state index contributed by atoms with van der Waals surface area (Å²) < 4.78 is 5.99. The second kappa shape index (κ2) is 11.3. The second-order valence-corrected chi connectivity index (χ2v) is 9.41. The number of piperidine rings is 2. The van der Waals surface area contributed by atoms with Crippen molar-refractivity contribution >= 4 is 11.7 Å². The Hall–Kier alpha value is -3.45. The van der Waals surface area contributed by atoms with Crippen molar-refractivity contribution in [1.82, 2.24) is 20.2 Å². The number of rotatable bonds is 7. The maximum absolute atomic E-state index is 13.0. The van der Waals surface area contributed by atoms with Crippen LogP contribution >= 0.6 is 0 Å². The number of likely N-dealkylation sites (tertiary alicyclic amines) is 1. The van der Waals surface area contributed by atoms with Crippen molar-refractivity contribution in [3.63, 3.8) is 0 Å². The monoisotopic (exact) mass is 471 g/mol. The van der Waals surface area contributed by atoms with Crippen molar-refractivity contribution in [3.8, 4) is 11.6 Å². The van der Waals surface area contributed by atoms with Crippen LogP contribution in [0, 0.1) is 5.92 Å². The highest BCUT2D eigenvalue weighted by Crippen LogP contribution is 2.31. The number of benzene rings is 2. The number of para-hydroxylation sites is 1. The number of carbonyl (C=O) groups is 1. The largest absolute Gasteiger partial charge is 0.436 e. The van der Waals surface area contributed by atoms with Gasteiger partial charge < -0.3 is 15.0 Å². The number of nitrogens with zero attached hydrogens (tertiary/aromatic N) is 4. The van der Waals surface area contributed by atoms with Crippen molar-refractivity contribution in [1.29, 1.82) is 0 Å². The van der Waals surface area contributed by atoms with Crippen LogP contribution in [0.5, 0.6) is 11.6 Å². The molecule has 0 unspecified atom stereocenters. The normalized spacial score (nSPS) is 17.8. The number of aromatic nitrogens is 2. The molecule has 1 N–H and O–H groups in total. The highest BCUT2D eigenvalue weighted by molar-refractivity contribution is 5.79. The Morgan fingerprint density at radius 1 is 0.857 bits per heavy atom. The SMILES string of the molecule is O=C(NC1CCN(Cc2ccccc2)CC1)C1CCN(c2nccnc2Oc2ccccc2)CC1. The van der Waals surface area contributed by atoms with E-state index in [1.54, 1.807) is 12.4 Å². The highest BCUT2D eigenvalue weighted by Gasteiger charge is 2.29. The van der Waals surface area contributed by atoms with Gasteiger partial charge in [0.2, 0.25) is 5.91 Å². The lowest BCUT2D eigenvalue weighted by molar-refractivity contribution is -0.126. The van der Waals surface area contributed by atoms with E-state index in [1.165, 1.54) is 5.56 Å². The molecule has 2 fully saturated rings. The fourth-order valence-corrected chi connectivity index (χ4v) is 4.96. The van der Waals surface area contributed by atoms with Gasteiger partial charge in [0.15, 0.2) is 5.82 Å². The molecule has 182 valence electrons. The van der Waals surface area contributed by atoms with Gasteiger partial charge in [0.25, 0.3) is 5.88 Å². The van der Waals surface area contributed by atoms with Crippen molar-refractivity contribution in [2.45, 2.75) is 38.3 Å². The van der Waals surface area contributed by atoms with Crippen LogP contribution in [-0.4, -0.2) is 53.0 Å². The van der Waals surface area contributed by atoms with Crippen LogP contribution in [0.2, 0.25) is 0 Å².